The van der Waals surface area contributed by atoms with Crippen molar-refractivity contribution in [2.75, 3.05) is 0 Å². The summed E-state index contributed by atoms with van der Waals surface area (Å²) >= 11 is 0. The summed E-state index contributed by atoms with van der Waals surface area (Å²) in [7, 11) is 0. The number of hydrogen-bond donors (Lipinski definition) is 2. The van der Waals surface area contributed by atoms with Gasteiger partial charge in [0.25, 0.3) is 0 Å². The first-order valence-electron chi connectivity index (χ1n) is 4.02. The van der Waals surface area contributed by atoms with Gasteiger partial charge in [0.15, 0.2) is 0 Å². The number of para-hydroxylation sites is 1. The molecule has 2 rings (SSSR count). The smallest absolute Gasteiger partial charge is 0.464 e. The van der Waals surface area contributed by atoms with Crippen molar-refractivity contribution in [1.82, 2.24) is 0 Å². The van der Waals surface area contributed by atoms with Gasteiger partial charge in [-0.3, -0.25) is 0 Å². The third kappa shape index (κ3) is 1.32. The van der Waals surface area contributed by atoms with Crippen molar-refractivity contribution >= 4 is 23.8 Å². The van der Waals surface area contributed by atoms with Gasteiger partial charge in [0.05, 0.1) is 0 Å². The maximum Gasteiger partial charge on any atom is 0.464 e. The van der Waals surface area contributed by atoms with Crippen LogP contribution in [0.1, 0.15) is 6.92 Å². The van der Waals surface area contributed by atoms with Gasteiger partial charge in [-0.05, 0) is 6.07 Å². The number of rotatable bonds is 0. The fraction of sp³-hybridized carbons (Fsp3) is 0.125. The maximum atomic E-state index is 9.51. The SMILES string of the molecule is CC1=Nc2ccccc2[B-](O)(O)O1. The van der Waals surface area contributed by atoms with Gasteiger partial charge in [-0.25, -0.2) is 4.99 Å². The maximum absolute atomic E-state index is 9.51. The molecule has 0 saturated heterocycles. The minimum atomic E-state index is -2.90. The minimum Gasteiger partial charge on any atom is -0.656 e. The molecule has 1 aliphatic rings. The van der Waals surface area contributed by atoms with Crippen LogP contribution in [0.15, 0.2) is 29.3 Å². The summed E-state index contributed by atoms with van der Waals surface area (Å²) in [6.07, 6.45) is 0. The van der Waals surface area contributed by atoms with Gasteiger partial charge < -0.3 is 14.7 Å². The number of aliphatic imine (C=N–C) groups is 1. The van der Waals surface area contributed by atoms with Crippen LogP contribution in [0.4, 0.5) is 5.69 Å². The zero-order chi connectivity index (χ0) is 9.47. The topological polar surface area (TPSA) is 62.1 Å². The van der Waals surface area contributed by atoms with E-state index in [1.165, 1.54) is 0 Å². The first-order chi connectivity index (χ1) is 6.09. The highest BCUT2D eigenvalue weighted by Crippen LogP contribution is 2.18. The lowest BCUT2D eigenvalue weighted by Gasteiger charge is -2.35. The second kappa shape index (κ2) is 2.58. The predicted molar refractivity (Wildman–Crippen MR) is 50.1 cm³/mol. The molecule has 1 heterocycles. The van der Waals surface area contributed by atoms with E-state index in [2.05, 4.69) is 4.99 Å². The molecule has 0 fully saturated rings. The fourth-order valence-electron chi connectivity index (χ4n) is 1.40. The van der Waals surface area contributed by atoms with E-state index in [0.29, 0.717) is 11.2 Å². The fourth-order valence-corrected chi connectivity index (χ4v) is 1.40. The molecule has 1 aromatic rings. The number of fused-ring (bicyclic) bond motifs is 1. The van der Waals surface area contributed by atoms with E-state index in [9.17, 15) is 10.0 Å². The van der Waals surface area contributed by atoms with Crippen LogP contribution < -0.4 is 5.46 Å². The molecule has 0 bridgehead atoms. The van der Waals surface area contributed by atoms with E-state index >= 15 is 0 Å². The van der Waals surface area contributed by atoms with Gasteiger partial charge in [-0.15, -0.1) is 0 Å². The molecular weight excluding hydrogens is 169 g/mol. The third-order valence-corrected chi connectivity index (χ3v) is 1.95. The first kappa shape index (κ1) is 8.28. The molecule has 0 radical (unpaired) electrons. The van der Waals surface area contributed by atoms with Crippen LogP contribution >= 0.6 is 0 Å². The molecule has 5 heteroatoms. The van der Waals surface area contributed by atoms with Crippen LogP contribution in [0.25, 0.3) is 0 Å². The standard InChI is InChI=1S/C8H9BNO3/c1-6-10-8-5-3-2-4-7(8)9(11,12)13-6/h2-5,11-12H,1H3/q-1. The molecule has 4 nitrogen and oxygen atoms in total. The van der Waals surface area contributed by atoms with E-state index < -0.39 is 6.75 Å². The summed E-state index contributed by atoms with van der Waals surface area (Å²) < 4.78 is 4.82. The van der Waals surface area contributed by atoms with Crippen molar-refractivity contribution in [2.24, 2.45) is 4.99 Å². The molecule has 0 spiro atoms. The summed E-state index contributed by atoms with van der Waals surface area (Å²) in [4.78, 5) is 4.03. The molecule has 13 heavy (non-hydrogen) atoms. The van der Waals surface area contributed by atoms with Crippen LogP contribution in [0.5, 0.6) is 0 Å². The normalized spacial score (nSPS) is 18.5. The van der Waals surface area contributed by atoms with Gasteiger partial charge in [-0.2, -0.15) is 0 Å². The van der Waals surface area contributed by atoms with Crippen LogP contribution in [-0.4, -0.2) is 22.7 Å². The van der Waals surface area contributed by atoms with Crippen molar-refractivity contribution < 1.29 is 14.7 Å². The van der Waals surface area contributed by atoms with Gasteiger partial charge >= 0.3 is 6.75 Å². The number of nitrogens with zero attached hydrogens (tertiary/aromatic N) is 1. The molecule has 2 N–H and O–H groups in total. The van der Waals surface area contributed by atoms with E-state index in [-0.39, 0.29) is 5.90 Å². The monoisotopic (exact) mass is 178 g/mol. The Morgan fingerprint density at radius 3 is 2.77 bits per heavy atom. The van der Waals surface area contributed by atoms with Gasteiger partial charge in [-0.1, -0.05) is 23.7 Å². The van der Waals surface area contributed by atoms with E-state index in [1.807, 2.05) is 0 Å². The molecule has 68 valence electrons. The molecule has 0 aliphatic carbocycles. The lowest BCUT2D eigenvalue weighted by atomic mass is 9.68. The van der Waals surface area contributed by atoms with Gasteiger partial charge in [0, 0.05) is 12.6 Å². The zero-order valence-electron chi connectivity index (χ0n) is 7.14. The van der Waals surface area contributed by atoms with Crippen molar-refractivity contribution in [1.29, 1.82) is 0 Å². The Hall–Kier alpha value is -1.33. The van der Waals surface area contributed by atoms with Crippen LogP contribution in [0, 0.1) is 0 Å². The van der Waals surface area contributed by atoms with Gasteiger partial charge in [0.1, 0.15) is 5.90 Å². The highest BCUT2D eigenvalue weighted by atomic mass is 16.6. The first-order valence-corrected chi connectivity index (χ1v) is 4.02. The molecule has 0 aromatic heterocycles. The predicted octanol–water partition coefficient (Wildman–Crippen LogP) is -0.103. The van der Waals surface area contributed by atoms with Gasteiger partial charge in [0.2, 0.25) is 0 Å². The second-order valence-electron chi connectivity index (χ2n) is 3.01. The van der Waals surface area contributed by atoms with Crippen LogP contribution in [0.2, 0.25) is 0 Å². The van der Waals surface area contributed by atoms with Crippen molar-refractivity contribution in [3.63, 3.8) is 0 Å². The highest BCUT2D eigenvalue weighted by molar-refractivity contribution is 6.76. The average molecular weight is 178 g/mol. The Bertz CT molecular complexity index is 375. The van der Waals surface area contributed by atoms with Crippen LogP contribution in [-0.2, 0) is 4.65 Å². The molecule has 1 aliphatic heterocycles. The van der Waals surface area contributed by atoms with E-state index in [4.69, 9.17) is 4.65 Å². The largest absolute Gasteiger partial charge is 0.656 e. The van der Waals surface area contributed by atoms with E-state index in [0.717, 1.165) is 0 Å². The van der Waals surface area contributed by atoms with Crippen molar-refractivity contribution in [3.8, 4) is 0 Å². The molecule has 0 atom stereocenters. The Morgan fingerprint density at radius 1 is 1.31 bits per heavy atom. The summed E-state index contributed by atoms with van der Waals surface area (Å²) in [5.74, 6) is 0.267. The number of hydrogen-bond acceptors (Lipinski definition) is 4. The second-order valence-corrected chi connectivity index (χ2v) is 3.01. The average Bonchev–Trinajstić information content (AvgIpc) is 2.02. The molecule has 1 aromatic carbocycles. The molecular formula is C8H9BNO3-. The Morgan fingerprint density at radius 2 is 2.00 bits per heavy atom. The Kier molecular flexibility index (Phi) is 1.64. The van der Waals surface area contributed by atoms with E-state index in [1.54, 1.807) is 31.2 Å². The summed E-state index contributed by atoms with van der Waals surface area (Å²) in [5.41, 5.74) is 0.879. The summed E-state index contributed by atoms with van der Waals surface area (Å²) in [5, 5.41) is 19.0. The summed E-state index contributed by atoms with van der Waals surface area (Å²) in [6.45, 7) is -1.32. The third-order valence-electron chi connectivity index (χ3n) is 1.95. The lowest BCUT2D eigenvalue weighted by Crippen LogP contribution is -2.54. The molecule has 0 unspecified atom stereocenters. The van der Waals surface area contributed by atoms with Crippen molar-refractivity contribution in [3.05, 3.63) is 24.3 Å². The highest BCUT2D eigenvalue weighted by Gasteiger charge is 2.30. The Labute approximate surface area is 75.5 Å². The molecule has 0 amide bonds. The number of benzene rings is 1. The van der Waals surface area contributed by atoms with Crippen LogP contribution in [0.3, 0.4) is 0 Å². The Balaban J connectivity index is 2.62. The zero-order valence-corrected chi connectivity index (χ0v) is 7.14. The molecule has 0 saturated carbocycles. The minimum absolute atomic E-state index is 0.267. The van der Waals surface area contributed by atoms with Crippen molar-refractivity contribution in [2.45, 2.75) is 6.92 Å². The lowest BCUT2D eigenvalue weighted by molar-refractivity contribution is 0.252. The quantitative estimate of drug-likeness (QED) is 0.545. The summed E-state index contributed by atoms with van der Waals surface area (Å²) in [6, 6.07) is 6.80.